The molecule has 0 saturated heterocycles. The first-order chi connectivity index (χ1) is 31.2. The Kier molecular flexibility index (Phi) is 10.1. The van der Waals surface area contributed by atoms with Gasteiger partial charge in [0.2, 0.25) is 0 Å². The lowest BCUT2D eigenvalue weighted by Gasteiger charge is -2.26. The van der Waals surface area contributed by atoms with E-state index in [4.69, 9.17) is 0 Å². The summed E-state index contributed by atoms with van der Waals surface area (Å²) in [5, 5.41) is 2.64. The lowest BCUT2D eigenvalue weighted by Crippen LogP contribution is -2.10. The molecule has 0 aliphatic carbocycles. The first kappa shape index (κ1) is 38.0. The maximum absolute atomic E-state index is 2.34. The number of hydrogen-bond acceptors (Lipinski definition) is 3. The highest BCUT2D eigenvalue weighted by Gasteiger charge is 2.16. The monoisotopic (exact) mass is 822 g/mol. The van der Waals surface area contributed by atoms with E-state index in [2.05, 4.69) is 265 Å². The third-order valence-corrected chi connectivity index (χ3v) is 13.1. The molecule has 0 N–H and O–H groups in total. The molecule has 0 unspecified atom stereocenters. The Labute approximate surface area is 372 Å². The Morgan fingerprint density at radius 3 is 0.905 bits per heavy atom. The zero-order valence-electron chi connectivity index (χ0n) is 34.6. The predicted molar refractivity (Wildman–Crippen MR) is 270 cm³/mol. The maximum atomic E-state index is 2.34. The van der Waals surface area contributed by atoms with Crippen molar-refractivity contribution < 1.29 is 0 Å². The van der Waals surface area contributed by atoms with Gasteiger partial charge in [0.15, 0.2) is 0 Å². The highest BCUT2D eigenvalue weighted by molar-refractivity contribution is 7.25. The molecular weight excluding hydrogens is 781 g/mol. The van der Waals surface area contributed by atoms with E-state index in [1.54, 1.807) is 0 Å². The van der Waals surface area contributed by atoms with Crippen molar-refractivity contribution in [3.63, 3.8) is 0 Å². The zero-order valence-corrected chi connectivity index (χ0v) is 35.4. The van der Waals surface area contributed by atoms with E-state index in [-0.39, 0.29) is 0 Å². The van der Waals surface area contributed by atoms with Crippen LogP contribution >= 0.6 is 11.3 Å². The van der Waals surface area contributed by atoms with Gasteiger partial charge < -0.3 is 9.80 Å². The van der Waals surface area contributed by atoms with E-state index >= 15 is 0 Å². The van der Waals surface area contributed by atoms with Crippen molar-refractivity contribution in [3.8, 4) is 44.5 Å². The van der Waals surface area contributed by atoms with Gasteiger partial charge in [-0.3, -0.25) is 0 Å². The molecule has 0 atom stereocenters. The Bertz CT molecular complexity index is 3190. The smallest absolute Gasteiger partial charge is 0.0462 e. The molecule has 11 aromatic rings. The van der Waals surface area contributed by atoms with Gasteiger partial charge in [0, 0.05) is 54.3 Å². The fourth-order valence-corrected chi connectivity index (χ4v) is 9.74. The second kappa shape index (κ2) is 16.8. The van der Waals surface area contributed by atoms with Crippen molar-refractivity contribution in [3.05, 3.63) is 255 Å². The summed E-state index contributed by atoms with van der Waals surface area (Å²) < 4.78 is 2.65. The van der Waals surface area contributed by atoms with Gasteiger partial charge in [0.05, 0.1) is 0 Å². The molecule has 63 heavy (non-hydrogen) atoms. The molecule has 0 aliphatic rings. The number of rotatable bonds is 10. The molecule has 10 aromatic carbocycles. The van der Waals surface area contributed by atoms with E-state index in [0.29, 0.717) is 0 Å². The fraction of sp³-hybridized carbons (Fsp3) is 0. The van der Waals surface area contributed by atoms with Crippen molar-refractivity contribution in [2.45, 2.75) is 0 Å². The molecule has 0 amide bonds. The minimum absolute atomic E-state index is 1.09. The molecule has 0 spiro atoms. The SMILES string of the molecule is c1ccc(-c2ccc(N(c3ccc(-c4ccccc4)cc3)c3ccc(-c4ccc(N(c5ccccc5)c5ccc(-c6ccc7sc8ccccc8c7c6)cc5)cc4)cc3)cc2)cc1. The lowest BCUT2D eigenvalue weighted by molar-refractivity contribution is 1.28. The average Bonchev–Trinajstić information content (AvgIpc) is 3.74. The summed E-state index contributed by atoms with van der Waals surface area (Å²) in [4.78, 5) is 4.66. The van der Waals surface area contributed by atoms with Gasteiger partial charge in [-0.2, -0.15) is 0 Å². The number of anilines is 6. The topological polar surface area (TPSA) is 6.48 Å². The minimum Gasteiger partial charge on any atom is -0.311 e. The number of thiophene rings is 1. The second-order valence-corrected chi connectivity index (χ2v) is 16.9. The van der Waals surface area contributed by atoms with Crippen LogP contribution in [-0.4, -0.2) is 0 Å². The highest BCUT2D eigenvalue weighted by atomic mass is 32.1. The number of benzene rings is 10. The van der Waals surface area contributed by atoms with Crippen molar-refractivity contribution in [2.75, 3.05) is 9.80 Å². The van der Waals surface area contributed by atoms with Crippen LogP contribution in [0.25, 0.3) is 64.7 Å². The van der Waals surface area contributed by atoms with Gasteiger partial charge in [-0.1, -0.05) is 164 Å². The van der Waals surface area contributed by atoms with Crippen LogP contribution in [0.3, 0.4) is 0 Å². The highest BCUT2D eigenvalue weighted by Crippen LogP contribution is 2.41. The predicted octanol–water partition coefficient (Wildman–Crippen LogP) is 17.7. The first-order valence-electron chi connectivity index (χ1n) is 21.4. The largest absolute Gasteiger partial charge is 0.311 e. The summed E-state index contributed by atoms with van der Waals surface area (Å²) in [6.45, 7) is 0. The van der Waals surface area contributed by atoms with Gasteiger partial charge >= 0.3 is 0 Å². The van der Waals surface area contributed by atoms with Crippen molar-refractivity contribution in [2.24, 2.45) is 0 Å². The van der Waals surface area contributed by atoms with Crippen LogP contribution in [0.4, 0.5) is 34.1 Å². The molecule has 0 fully saturated rings. The van der Waals surface area contributed by atoms with E-state index in [1.165, 1.54) is 53.6 Å². The Hall–Kier alpha value is -7.98. The minimum atomic E-state index is 1.09. The fourth-order valence-electron chi connectivity index (χ4n) is 8.65. The average molecular weight is 823 g/mol. The molecule has 2 nitrogen and oxygen atoms in total. The molecule has 0 saturated carbocycles. The molecule has 0 bridgehead atoms. The van der Waals surface area contributed by atoms with Crippen LogP contribution in [0, 0.1) is 0 Å². The number of hydrogen-bond donors (Lipinski definition) is 0. The molecule has 1 heterocycles. The Morgan fingerprint density at radius 1 is 0.206 bits per heavy atom. The molecule has 3 heteroatoms. The second-order valence-electron chi connectivity index (χ2n) is 15.8. The summed E-state index contributed by atoms with van der Waals surface area (Å²) in [6, 6.07) is 91.8. The summed E-state index contributed by atoms with van der Waals surface area (Å²) >= 11 is 1.86. The number of fused-ring (bicyclic) bond motifs is 3. The number of nitrogens with zero attached hydrogens (tertiary/aromatic N) is 2. The summed E-state index contributed by atoms with van der Waals surface area (Å²) in [6.07, 6.45) is 0. The Balaban J connectivity index is 0.884. The van der Waals surface area contributed by atoms with Crippen LogP contribution in [0.2, 0.25) is 0 Å². The van der Waals surface area contributed by atoms with Crippen molar-refractivity contribution >= 4 is 65.6 Å². The lowest BCUT2D eigenvalue weighted by atomic mass is 10.0. The van der Waals surface area contributed by atoms with Gasteiger partial charge in [-0.15, -0.1) is 11.3 Å². The molecule has 0 radical (unpaired) electrons. The number of para-hydroxylation sites is 1. The van der Waals surface area contributed by atoms with Crippen LogP contribution in [0.5, 0.6) is 0 Å². The molecule has 11 rings (SSSR count). The Morgan fingerprint density at radius 2 is 0.492 bits per heavy atom. The molecule has 298 valence electrons. The van der Waals surface area contributed by atoms with Crippen molar-refractivity contribution in [1.29, 1.82) is 0 Å². The third kappa shape index (κ3) is 7.67. The summed E-state index contributed by atoms with van der Waals surface area (Å²) in [5.74, 6) is 0. The van der Waals surface area contributed by atoms with E-state index in [0.717, 1.165) is 45.3 Å². The van der Waals surface area contributed by atoms with Crippen LogP contribution in [0.1, 0.15) is 0 Å². The normalized spacial score (nSPS) is 11.2. The van der Waals surface area contributed by atoms with Crippen LogP contribution < -0.4 is 9.80 Å². The molecule has 1 aromatic heterocycles. The van der Waals surface area contributed by atoms with Gasteiger partial charge in [0.1, 0.15) is 0 Å². The maximum Gasteiger partial charge on any atom is 0.0462 e. The van der Waals surface area contributed by atoms with E-state index in [1.807, 2.05) is 11.3 Å². The molecular formula is C60H42N2S. The van der Waals surface area contributed by atoms with Crippen LogP contribution in [0.15, 0.2) is 255 Å². The third-order valence-electron chi connectivity index (χ3n) is 11.9. The van der Waals surface area contributed by atoms with Gasteiger partial charge in [-0.05, 0) is 136 Å². The van der Waals surface area contributed by atoms with E-state index < -0.39 is 0 Å². The summed E-state index contributed by atoms with van der Waals surface area (Å²) in [7, 11) is 0. The van der Waals surface area contributed by atoms with Gasteiger partial charge in [-0.25, -0.2) is 0 Å². The quantitative estimate of drug-likeness (QED) is 0.136. The van der Waals surface area contributed by atoms with Crippen molar-refractivity contribution in [1.82, 2.24) is 0 Å². The van der Waals surface area contributed by atoms with Crippen LogP contribution in [-0.2, 0) is 0 Å². The van der Waals surface area contributed by atoms with Gasteiger partial charge in [0.25, 0.3) is 0 Å². The standard InChI is InChI=1S/C60H42N2S/c1-4-12-43(13-5-1)45-20-31-54(32-21-45)62(55-33-22-46(23-34-55)44-14-6-2-7-15-44)56-37-26-48(27-38-56)47-24-35-52(36-25-47)61(51-16-8-3-9-17-51)53-39-28-49(29-40-53)50-30-41-60-58(42-50)57-18-10-11-19-59(57)63-60/h1-42H. The summed E-state index contributed by atoms with van der Waals surface area (Å²) in [5.41, 5.74) is 16.2. The first-order valence-corrected chi connectivity index (χ1v) is 22.2. The van der Waals surface area contributed by atoms with E-state index in [9.17, 15) is 0 Å². The zero-order chi connectivity index (χ0) is 42.0. The molecule has 0 aliphatic heterocycles.